The van der Waals surface area contributed by atoms with E-state index in [1.807, 2.05) is 25.1 Å². The van der Waals surface area contributed by atoms with Crippen LogP contribution in [0.2, 0.25) is 10.0 Å². The minimum absolute atomic E-state index is 0.143. The zero-order chi connectivity index (χ0) is 28.0. The predicted octanol–water partition coefficient (Wildman–Crippen LogP) is 10.5. The van der Waals surface area contributed by atoms with Crippen molar-refractivity contribution < 1.29 is 9.53 Å². The lowest BCUT2D eigenvalue weighted by Gasteiger charge is -2.30. The highest BCUT2D eigenvalue weighted by Crippen LogP contribution is 2.42. The van der Waals surface area contributed by atoms with Crippen molar-refractivity contribution in [1.29, 1.82) is 0 Å². The van der Waals surface area contributed by atoms with Crippen LogP contribution in [0, 0.1) is 30.6 Å². The third kappa shape index (κ3) is 7.76. The minimum Gasteiger partial charge on any atom is -0.489 e. The first-order valence-electron chi connectivity index (χ1n) is 14.1. The highest BCUT2D eigenvalue weighted by atomic mass is 35.5. The molecular formula is C34H44Cl2O2. The molecule has 0 saturated carbocycles. The SMILES string of the molecule is C=C(C)C(CCCC(=O)C(C)C(C)C)CCC1CCc2c(OCc3cc(Cl)c(C)cc3Cl)cccc2C1=C. The fourth-order valence-electron chi connectivity index (χ4n) is 5.41. The van der Waals surface area contributed by atoms with Crippen LogP contribution in [-0.2, 0) is 17.8 Å². The summed E-state index contributed by atoms with van der Waals surface area (Å²) in [6.07, 6.45) is 6.87. The van der Waals surface area contributed by atoms with Gasteiger partial charge in [0.2, 0.25) is 0 Å². The number of carbonyl (C=O) groups excluding carboxylic acids is 1. The van der Waals surface area contributed by atoms with Gasteiger partial charge in [-0.3, -0.25) is 4.79 Å². The molecule has 3 rings (SSSR count). The number of Topliss-reactive ketones (excluding diaryl/α,β-unsaturated/α-hetero) is 1. The normalized spacial score (nSPS) is 16.7. The van der Waals surface area contributed by atoms with E-state index in [1.165, 1.54) is 22.3 Å². The first-order valence-corrected chi connectivity index (χ1v) is 14.8. The molecule has 0 spiro atoms. The van der Waals surface area contributed by atoms with E-state index in [0.29, 0.717) is 46.6 Å². The third-order valence-electron chi connectivity index (χ3n) is 8.47. The second-order valence-corrected chi connectivity index (χ2v) is 12.4. The molecule has 0 heterocycles. The summed E-state index contributed by atoms with van der Waals surface area (Å²) < 4.78 is 6.25. The number of hydrogen-bond acceptors (Lipinski definition) is 2. The number of halogens is 2. The Hall–Kier alpha value is -2.03. The van der Waals surface area contributed by atoms with Crippen molar-refractivity contribution in [1.82, 2.24) is 0 Å². The van der Waals surface area contributed by atoms with Crippen LogP contribution in [0.15, 0.2) is 49.1 Å². The largest absolute Gasteiger partial charge is 0.489 e. The fraction of sp³-hybridized carbons (Fsp3) is 0.500. The van der Waals surface area contributed by atoms with Gasteiger partial charge in [0, 0.05) is 33.5 Å². The summed E-state index contributed by atoms with van der Waals surface area (Å²) in [6.45, 7) is 19.5. The van der Waals surface area contributed by atoms with Gasteiger partial charge in [0.05, 0.1) is 0 Å². The molecule has 3 atom stereocenters. The molecule has 3 unspecified atom stereocenters. The molecule has 0 bridgehead atoms. The average Bonchev–Trinajstić information content (AvgIpc) is 2.87. The Morgan fingerprint density at radius 1 is 1.13 bits per heavy atom. The maximum absolute atomic E-state index is 12.4. The third-order valence-corrected chi connectivity index (χ3v) is 9.23. The summed E-state index contributed by atoms with van der Waals surface area (Å²) in [4.78, 5) is 12.4. The molecule has 2 aromatic rings. The Morgan fingerprint density at radius 3 is 2.55 bits per heavy atom. The van der Waals surface area contributed by atoms with Crippen molar-refractivity contribution in [2.24, 2.45) is 23.7 Å². The molecule has 0 amide bonds. The monoisotopic (exact) mass is 554 g/mol. The van der Waals surface area contributed by atoms with E-state index in [4.69, 9.17) is 27.9 Å². The van der Waals surface area contributed by atoms with Gasteiger partial charge in [-0.15, -0.1) is 0 Å². The zero-order valence-electron chi connectivity index (χ0n) is 23.8. The average molecular weight is 556 g/mol. The van der Waals surface area contributed by atoms with Crippen LogP contribution in [0.25, 0.3) is 5.57 Å². The van der Waals surface area contributed by atoms with E-state index >= 15 is 0 Å². The smallest absolute Gasteiger partial charge is 0.135 e. The second-order valence-electron chi connectivity index (χ2n) is 11.5. The molecule has 0 aliphatic heterocycles. The lowest BCUT2D eigenvalue weighted by Crippen LogP contribution is -2.17. The number of ether oxygens (including phenoxy) is 1. The summed E-state index contributed by atoms with van der Waals surface area (Å²) in [5, 5.41) is 1.37. The van der Waals surface area contributed by atoms with Gasteiger partial charge in [0.15, 0.2) is 0 Å². The highest BCUT2D eigenvalue weighted by Gasteiger charge is 2.26. The van der Waals surface area contributed by atoms with Crippen molar-refractivity contribution in [2.45, 2.75) is 86.2 Å². The molecule has 1 aliphatic carbocycles. The number of aryl methyl sites for hydroxylation is 1. The molecular weight excluding hydrogens is 511 g/mol. The first-order chi connectivity index (χ1) is 18.0. The summed E-state index contributed by atoms with van der Waals surface area (Å²) in [5.74, 6) is 2.74. The Morgan fingerprint density at radius 2 is 1.87 bits per heavy atom. The number of hydrogen-bond donors (Lipinski definition) is 0. The maximum Gasteiger partial charge on any atom is 0.135 e. The van der Waals surface area contributed by atoms with Crippen LogP contribution in [0.1, 0.15) is 88.5 Å². The van der Waals surface area contributed by atoms with Crippen LogP contribution < -0.4 is 4.74 Å². The Kier molecular flexibility index (Phi) is 11.1. The Balaban J connectivity index is 1.59. The predicted molar refractivity (Wildman–Crippen MR) is 163 cm³/mol. The van der Waals surface area contributed by atoms with Gasteiger partial charge in [-0.05, 0) is 105 Å². The van der Waals surface area contributed by atoms with E-state index < -0.39 is 0 Å². The number of fused-ring (bicyclic) bond motifs is 1. The second kappa shape index (κ2) is 13.9. The van der Waals surface area contributed by atoms with Crippen LogP contribution in [0.3, 0.4) is 0 Å². The highest BCUT2D eigenvalue weighted by molar-refractivity contribution is 6.34. The van der Waals surface area contributed by atoms with E-state index in [1.54, 1.807) is 0 Å². The molecule has 0 N–H and O–H groups in total. The Labute approximate surface area is 240 Å². The van der Waals surface area contributed by atoms with Crippen LogP contribution in [0.4, 0.5) is 0 Å². The topological polar surface area (TPSA) is 26.3 Å². The maximum atomic E-state index is 12.4. The van der Waals surface area contributed by atoms with Crippen LogP contribution in [0.5, 0.6) is 5.75 Å². The summed E-state index contributed by atoms with van der Waals surface area (Å²) in [5.41, 5.74) is 6.72. The number of rotatable bonds is 13. The molecule has 2 nitrogen and oxygen atoms in total. The standard InChI is InChI=1S/C34H44Cl2O2/c1-21(2)24(6)33(37)12-8-10-26(22(3)4)14-15-27-16-17-30-29(25(27)7)11-9-13-34(30)38-20-28-19-31(35)23(5)18-32(28)36/h9,11,13,18-19,21,24,26-27H,3,7-8,10,12,14-17,20H2,1-2,4-6H3. The molecule has 2 aromatic carbocycles. The van der Waals surface area contributed by atoms with Gasteiger partial charge in [-0.25, -0.2) is 0 Å². The van der Waals surface area contributed by atoms with Crippen LogP contribution >= 0.6 is 23.2 Å². The quantitative estimate of drug-likeness (QED) is 0.230. The van der Waals surface area contributed by atoms with E-state index in [0.717, 1.165) is 55.4 Å². The molecule has 0 radical (unpaired) electrons. The van der Waals surface area contributed by atoms with Gasteiger partial charge in [0.1, 0.15) is 18.1 Å². The van der Waals surface area contributed by atoms with Crippen molar-refractivity contribution >= 4 is 34.6 Å². The molecule has 38 heavy (non-hydrogen) atoms. The van der Waals surface area contributed by atoms with E-state index in [2.05, 4.69) is 53.0 Å². The molecule has 0 aromatic heterocycles. The fourth-order valence-corrected chi connectivity index (χ4v) is 5.87. The molecule has 0 saturated heterocycles. The van der Waals surface area contributed by atoms with Gasteiger partial charge >= 0.3 is 0 Å². The van der Waals surface area contributed by atoms with Crippen molar-refractivity contribution in [3.8, 4) is 5.75 Å². The van der Waals surface area contributed by atoms with Gasteiger partial charge in [-0.1, -0.05) is 74.8 Å². The van der Waals surface area contributed by atoms with Crippen molar-refractivity contribution in [2.75, 3.05) is 0 Å². The Bertz CT molecular complexity index is 1160. The van der Waals surface area contributed by atoms with Gasteiger partial charge in [-0.2, -0.15) is 0 Å². The first kappa shape index (κ1) is 30.5. The number of carbonyl (C=O) groups is 1. The molecule has 4 heteroatoms. The van der Waals surface area contributed by atoms with E-state index in [-0.39, 0.29) is 5.92 Å². The summed E-state index contributed by atoms with van der Waals surface area (Å²) in [6, 6.07) is 10.0. The van der Waals surface area contributed by atoms with Crippen molar-refractivity contribution in [3.63, 3.8) is 0 Å². The minimum atomic E-state index is 0.143. The number of ketones is 1. The molecule has 206 valence electrons. The van der Waals surface area contributed by atoms with Gasteiger partial charge < -0.3 is 4.74 Å². The number of allylic oxidation sites excluding steroid dienone is 2. The van der Waals surface area contributed by atoms with Crippen LogP contribution in [-0.4, -0.2) is 5.78 Å². The molecule has 0 fully saturated rings. The zero-order valence-corrected chi connectivity index (χ0v) is 25.4. The van der Waals surface area contributed by atoms with E-state index in [9.17, 15) is 4.79 Å². The summed E-state index contributed by atoms with van der Waals surface area (Å²) in [7, 11) is 0. The summed E-state index contributed by atoms with van der Waals surface area (Å²) >= 11 is 12.7. The lowest BCUT2D eigenvalue weighted by atomic mass is 9.76. The lowest BCUT2D eigenvalue weighted by molar-refractivity contribution is -0.123. The number of benzene rings is 2. The molecule has 1 aliphatic rings. The van der Waals surface area contributed by atoms with Crippen molar-refractivity contribution in [3.05, 3.63) is 81.4 Å². The van der Waals surface area contributed by atoms with Gasteiger partial charge in [0.25, 0.3) is 0 Å².